The average molecular weight is 479 g/mol. The Morgan fingerprint density at radius 2 is 1.60 bits per heavy atom. The maximum atomic E-state index is 7.35. The Balaban J connectivity index is 1.46. The van der Waals surface area contributed by atoms with E-state index < -0.39 is 8.15 Å². The van der Waals surface area contributed by atoms with Gasteiger partial charge in [-0.2, -0.15) is 0 Å². The first-order valence-corrected chi connectivity index (χ1v) is 13.8. The minimum Gasteiger partial charge on any atom is -0.340 e. The van der Waals surface area contributed by atoms with Crippen LogP contribution in [0.1, 0.15) is 24.5 Å². The number of pyridine rings is 1. The lowest BCUT2D eigenvalue weighted by Gasteiger charge is -2.51. The second-order valence-corrected chi connectivity index (χ2v) is 11.5. The third kappa shape index (κ3) is 4.45. The second kappa shape index (κ2) is 10.0. The predicted molar refractivity (Wildman–Crippen MR) is 146 cm³/mol. The van der Waals surface area contributed by atoms with Gasteiger partial charge in [-0.1, -0.05) is 84.9 Å². The first-order chi connectivity index (χ1) is 17.3. The molecule has 3 fully saturated rings. The lowest BCUT2D eigenvalue weighted by atomic mass is 9.73. The van der Waals surface area contributed by atoms with Gasteiger partial charge in [-0.15, -0.1) is 6.58 Å². The summed E-state index contributed by atoms with van der Waals surface area (Å²) in [7, 11) is -0.985. The van der Waals surface area contributed by atoms with Crippen molar-refractivity contribution in [2.45, 2.75) is 25.0 Å². The Hall–Kier alpha value is -2.84. The molecule has 3 nitrogen and oxygen atoms in total. The number of fused-ring (bicyclic) bond motifs is 4. The zero-order valence-electron chi connectivity index (χ0n) is 19.9. The Kier molecular flexibility index (Phi) is 6.48. The molecule has 0 saturated carbocycles. The summed E-state index contributed by atoms with van der Waals surface area (Å²) in [5, 5.41) is 3.69. The summed E-state index contributed by atoms with van der Waals surface area (Å²) >= 11 is 0. The smallest absolute Gasteiger partial charge is 0.104 e. The van der Waals surface area contributed by atoms with E-state index in [0.717, 1.165) is 25.0 Å². The maximum absolute atomic E-state index is 7.35. The van der Waals surface area contributed by atoms with Crippen molar-refractivity contribution in [3.63, 3.8) is 0 Å². The van der Waals surface area contributed by atoms with Gasteiger partial charge in [0.1, 0.15) is 6.10 Å². The fourth-order valence-electron chi connectivity index (χ4n) is 5.90. The Labute approximate surface area is 209 Å². The minimum atomic E-state index is -0.985. The molecule has 3 aliphatic heterocycles. The topological polar surface area (TPSA) is 25.4 Å². The third-order valence-electron chi connectivity index (χ3n) is 7.69. The van der Waals surface area contributed by atoms with E-state index in [1.54, 1.807) is 0 Å². The van der Waals surface area contributed by atoms with Gasteiger partial charge in [-0.3, -0.25) is 9.88 Å². The highest BCUT2D eigenvalue weighted by Gasteiger charge is 2.44. The van der Waals surface area contributed by atoms with Gasteiger partial charge in [0, 0.05) is 34.8 Å². The summed E-state index contributed by atoms with van der Waals surface area (Å²) in [5.74, 6) is 1.26. The monoisotopic (exact) mass is 478 g/mol. The van der Waals surface area contributed by atoms with Crippen LogP contribution in [0.15, 0.2) is 110 Å². The number of hydrogen-bond donors (Lipinski definition) is 0. The molecule has 4 aromatic rings. The van der Waals surface area contributed by atoms with Gasteiger partial charge in [0.05, 0.1) is 13.7 Å². The number of aromatic nitrogens is 1. The van der Waals surface area contributed by atoms with Crippen molar-refractivity contribution in [3.8, 4) is 0 Å². The van der Waals surface area contributed by atoms with Crippen LogP contribution in [-0.4, -0.2) is 29.0 Å². The molecular weight excluding hydrogens is 447 g/mol. The molecule has 1 aromatic heterocycles. The molecule has 3 aliphatic rings. The number of nitrogens with zero attached hydrogens (tertiary/aromatic N) is 2. The minimum absolute atomic E-state index is 0.0389. The van der Waals surface area contributed by atoms with E-state index in [1.165, 1.54) is 28.0 Å². The van der Waals surface area contributed by atoms with E-state index in [-0.39, 0.29) is 6.10 Å². The molecule has 0 radical (unpaired) electrons. The van der Waals surface area contributed by atoms with Gasteiger partial charge < -0.3 is 4.52 Å². The maximum Gasteiger partial charge on any atom is 0.104 e. The highest BCUT2D eigenvalue weighted by atomic mass is 31.1. The molecule has 0 N–H and O–H groups in total. The van der Waals surface area contributed by atoms with Gasteiger partial charge in [0.2, 0.25) is 0 Å². The molecule has 3 saturated heterocycles. The highest BCUT2D eigenvalue weighted by Crippen LogP contribution is 2.49. The molecule has 4 unspecified atom stereocenters. The Morgan fingerprint density at radius 3 is 2.26 bits per heavy atom. The van der Waals surface area contributed by atoms with Gasteiger partial charge >= 0.3 is 0 Å². The van der Waals surface area contributed by atoms with Crippen LogP contribution in [-0.2, 0) is 4.52 Å². The molecule has 5 atom stereocenters. The van der Waals surface area contributed by atoms with E-state index in [9.17, 15) is 0 Å². The molecule has 35 heavy (non-hydrogen) atoms. The normalized spacial score (nSPS) is 24.5. The van der Waals surface area contributed by atoms with Crippen LogP contribution < -0.4 is 10.6 Å². The summed E-state index contributed by atoms with van der Waals surface area (Å²) in [6.07, 6.45) is 6.48. The molecule has 3 aromatic carbocycles. The largest absolute Gasteiger partial charge is 0.340 e. The molecule has 176 valence electrons. The van der Waals surface area contributed by atoms with Gasteiger partial charge in [-0.05, 0) is 48.9 Å². The van der Waals surface area contributed by atoms with E-state index in [2.05, 4.69) is 114 Å². The van der Waals surface area contributed by atoms with Crippen LogP contribution in [0.2, 0.25) is 0 Å². The van der Waals surface area contributed by atoms with Gasteiger partial charge in [-0.25, -0.2) is 0 Å². The van der Waals surface area contributed by atoms with Crippen molar-refractivity contribution in [3.05, 3.63) is 115 Å². The molecule has 2 bridgehead atoms. The Morgan fingerprint density at radius 1 is 0.914 bits per heavy atom. The zero-order valence-corrected chi connectivity index (χ0v) is 20.8. The SMILES string of the molecule is C=CC1CN2CCC1CC2[C@@H](OP(c1ccccc1)c1ccccc1)c1ccnc2ccccc12. The lowest BCUT2D eigenvalue weighted by Crippen LogP contribution is -2.55. The number of benzene rings is 3. The predicted octanol–water partition coefficient (Wildman–Crippen LogP) is 6.24. The van der Waals surface area contributed by atoms with Crippen molar-refractivity contribution in [1.82, 2.24) is 9.88 Å². The first kappa shape index (κ1) is 22.6. The number of rotatable bonds is 7. The zero-order chi connectivity index (χ0) is 23.6. The van der Waals surface area contributed by atoms with Crippen LogP contribution in [0.25, 0.3) is 10.9 Å². The summed E-state index contributed by atoms with van der Waals surface area (Å²) in [5.41, 5.74) is 2.28. The van der Waals surface area contributed by atoms with Crippen LogP contribution in [0.4, 0.5) is 0 Å². The van der Waals surface area contributed by atoms with Crippen LogP contribution in [0.5, 0.6) is 0 Å². The van der Waals surface area contributed by atoms with Crippen LogP contribution in [0.3, 0.4) is 0 Å². The lowest BCUT2D eigenvalue weighted by molar-refractivity contribution is -0.0320. The first-order valence-electron chi connectivity index (χ1n) is 12.6. The fourth-order valence-corrected chi connectivity index (χ4v) is 7.81. The summed E-state index contributed by atoms with van der Waals surface area (Å²) in [4.78, 5) is 7.32. The van der Waals surface area contributed by atoms with Crippen molar-refractivity contribution < 1.29 is 4.52 Å². The summed E-state index contributed by atoms with van der Waals surface area (Å²) in [6.45, 7) is 6.35. The molecule has 4 heteroatoms. The molecule has 7 rings (SSSR count). The number of hydrogen-bond acceptors (Lipinski definition) is 3. The van der Waals surface area contributed by atoms with Crippen molar-refractivity contribution >= 4 is 29.7 Å². The quantitative estimate of drug-likeness (QED) is 0.232. The highest BCUT2D eigenvalue weighted by molar-refractivity contribution is 7.68. The molecular formula is C31H31N2OP. The molecule has 0 spiro atoms. The van der Waals surface area contributed by atoms with Crippen LogP contribution in [0, 0.1) is 11.8 Å². The summed E-state index contributed by atoms with van der Waals surface area (Å²) < 4.78 is 7.35. The van der Waals surface area contributed by atoms with Gasteiger partial charge in [0.15, 0.2) is 0 Å². The third-order valence-corrected chi connectivity index (χ3v) is 9.67. The molecule has 0 amide bonds. The van der Waals surface area contributed by atoms with E-state index in [4.69, 9.17) is 4.52 Å². The second-order valence-electron chi connectivity index (χ2n) is 9.66. The summed E-state index contributed by atoms with van der Waals surface area (Å²) in [6, 6.07) is 32.5. The standard InChI is InChI=1S/C31H31N2OP/c1-2-23-22-33-20-18-24(23)21-30(33)31(28-17-19-32-29-16-10-9-15-27(28)29)34-35(25-11-5-3-6-12-25)26-13-7-4-8-14-26/h2-17,19,23-24,30-31H,1,18,20-22H2/t23?,24?,30?,31-/m0/s1. The number of piperidine rings is 3. The van der Waals surface area contributed by atoms with E-state index in [1.807, 2.05) is 6.20 Å². The average Bonchev–Trinajstić information content (AvgIpc) is 2.94. The van der Waals surface area contributed by atoms with E-state index in [0.29, 0.717) is 17.9 Å². The van der Waals surface area contributed by atoms with Crippen LogP contribution >= 0.6 is 8.15 Å². The number of para-hydroxylation sites is 1. The fraction of sp³-hybridized carbons (Fsp3) is 0.258. The molecule has 4 heterocycles. The van der Waals surface area contributed by atoms with Gasteiger partial charge in [0.25, 0.3) is 0 Å². The Bertz CT molecular complexity index is 1250. The van der Waals surface area contributed by atoms with E-state index >= 15 is 0 Å². The molecule has 0 aliphatic carbocycles. The van der Waals surface area contributed by atoms with Crippen molar-refractivity contribution in [2.75, 3.05) is 13.1 Å². The van der Waals surface area contributed by atoms with Crippen molar-refractivity contribution in [2.24, 2.45) is 11.8 Å². The van der Waals surface area contributed by atoms with Crippen molar-refractivity contribution in [1.29, 1.82) is 0 Å².